The van der Waals surface area contributed by atoms with E-state index in [1.807, 2.05) is 31.2 Å². The maximum atomic E-state index is 10.8. The quantitative estimate of drug-likeness (QED) is 0.203. The molecular formula is C25H37N3O3. The fraction of sp³-hybridized carbons (Fsp3) is 0.440. The van der Waals surface area contributed by atoms with Gasteiger partial charge in [0.2, 0.25) is 0 Å². The molecule has 0 bridgehead atoms. The van der Waals surface area contributed by atoms with Crippen LogP contribution in [-0.2, 0) is 9.53 Å². The molecule has 1 atom stereocenters. The van der Waals surface area contributed by atoms with E-state index in [-0.39, 0.29) is 6.42 Å². The molecule has 0 radical (unpaired) electrons. The minimum atomic E-state index is -0.856. The van der Waals surface area contributed by atoms with Crippen LogP contribution in [0.25, 0.3) is 0 Å². The molecule has 0 spiro atoms. The number of aliphatic carboxylic acids is 1. The normalized spacial score (nSPS) is 15.9. The minimum absolute atomic E-state index is 0.0223. The zero-order chi connectivity index (χ0) is 23.2. The molecule has 6 heteroatoms. The second-order valence-electron chi connectivity index (χ2n) is 7.70. The van der Waals surface area contributed by atoms with Crippen LogP contribution in [0.5, 0.6) is 0 Å². The van der Waals surface area contributed by atoms with Gasteiger partial charge in [0.1, 0.15) is 6.61 Å². The second kappa shape index (κ2) is 14.2. The molecule has 0 aliphatic heterocycles. The molecule has 0 saturated heterocycles. The van der Waals surface area contributed by atoms with E-state index in [1.54, 1.807) is 0 Å². The molecule has 170 valence electrons. The van der Waals surface area contributed by atoms with Gasteiger partial charge in [-0.25, -0.2) is 5.43 Å². The largest absolute Gasteiger partial charge is 0.494 e. The predicted octanol–water partition coefficient (Wildman–Crippen LogP) is 5.16. The predicted molar refractivity (Wildman–Crippen MR) is 128 cm³/mol. The van der Waals surface area contributed by atoms with Gasteiger partial charge in [0.25, 0.3) is 0 Å². The first-order valence-corrected chi connectivity index (χ1v) is 10.7. The van der Waals surface area contributed by atoms with E-state index in [2.05, 4.69) is 49.9 Å². The Hall–Kier alpha value is -2.86. The molecule has 0 heterocycles. The highest BCUT2D eigenvalue weighted by atomic mass is 16.5. The fourth-order valence-corrected chi connectivity index (χ4v) is 3.20. The molecule has 0 saturated carbocycles. The van der Waals surface area contributed by atoms with Crippen LogP contribution in [0.2, 0.25) is 0 Å². The van der Waals surface area contributed by atoms with E-state index < -0.39 is 5.97 Å². The standard InChI is InChI=1S/C25H37N3O3/c1-6-27-28(18-20(3)15-19(2)17-26)22(5)9-7-8-14-31-24-12-10-23(11-13-24)21(4)16-25(29)30/h7-10,12,15,17,20,26-27H,4,6,11,13-14,16,18H2,1-3,5H3,(H,29,30)/b8-7+,19-15+,22-9+,26-17?/t20-/m0/s1. The van der Waals surface area contributed by atoms with Crippen LogP contribution in [0.4, 0.5) is 0 Å². The van der Waals surface area contributed by atoms with Crippen LogP contribution >= 0.6 is 0 Å². The van der Waals surface area contributed by atoms with E-state index in [0.29, 0.717) is 18.1 Å². The van der Waals surface area contributed by atoms with Gasteiger partial charge in [0, 0.05) is 31.4 Å². The number of nitrogens with zero attached hydrogens (tertiary/aromatic N) is 1. The Balaban J connectivity index is 2.56. The van der Waals surface area contributed by atoms with E-state index in [9.17, 15) is 4.79 Å². The number of hydrazine groups is 1. The van der Waals surface area contributed by atoms with Crippen LogP contribution in [0.15, 0.2) is 71.2 Å². The molecule has 0 fully saturated rings. The molecule has 31 heavy (non-hydrogen) atoms. The summed E-state index contributed by atoms with van der Waals surface area (Å²) in [4.78, 5) is 10.8. The van der Waals surface area contributed by atoms with Crippen molar-refractivity contribution in [3.63, 3.8) is 0 Å². The molecule has 0 aromatic heterocycles. The summed E-state index contributed by atoms with van der Waals surface area (Å²) in [6.45, 7) is 14.2. The Morgan fingerprint density at radius 3 is 2.71 bits per heavy atom. The van der Waals surface area contributed by atoms with Gasteiger partial charge in [-0.05, 0) is 61.1 Å². The Bertz CT molecular complexity index is 788. The van der Waals surface area contributed by atoms with Crippen molar-refractivity contribution in [3.8, 4) is 0 Å². The van der Waals surface area contributed by atoms with Gasteiger partial charge in [0.05, 0.1) is 12.2 Å². The first-order chi connectivity index (χ1) is 14.8. The van der Waals surface area contributed by atoms with Crippen LogP contribution in [-0.4, -0.2) is 42.0 Å². The molecule has 1 aliphatic rings. The van der Waals surface area contributed by atoms with E-state index >= 15 is 0 Å². The Morgan fingerprint density at radius 1 is 1.39 bits per heavy atom. The maximum Gasteiger partial charge on any atom is 0.307 e. The van der Waals surface area contributed by atoms with Gasteiger partial charge in [-0.3, -0.25) is 4.79 Å². The fourth-order valence-electron chi connectivity index (χ4n) is 3.20. The molecule has 1 rings (SSSR count). The minimum Gasteiger partial charge on any atom is -0.494 e. The van der Waals surface area contributed by atoms with Crippen molar-refractivity contribution in [2.75, 3.05) is 19.7 Å². The van der Waals surface area contributed by atoms with Crippen molar-refractivity contribution < 1.29 is 14.6 Å². The van der Waals surface area contributed by atoms with Crippen LogP contribution in [0.3, 0.4) is 0 Å². The first-order valence-electron chi connectivity index (χ1n) is 10.7. The van der Waals surface area contributed by atoms with Crippen molar-refractivity contribution in [1.82, 2.24) is 10.4 Å². The van der Waals surface area contributed by atoms with Gasteiger partial charge < -0.3 is 20.3 Å². The third kappa shape index (κ3) is 10.6. The summed E-state index contributed by atoms with van der Waals surface area (Å²) in [5.74, 6) is 0.360. The van der Waals surface area contributed by atoms with Crippen molar-refractivity contribution in [1.29, 1.82) is 5.41 Å². The SMILES string of the molecule is C=C(CC(=O)O)C1=CC=C(OC/C=C/C=C(\C)N(C[C@@H](C)/C=C(\C)C=N)NCC)CC1. The molecule has 3 N–H and O–H groups in total. The average Bonchev–Trinajstić information content (AvgIpc) is 2.72. The number of ether oxygens (including phenoxy) is 1. The molecule has 0 unspecified atom stereocenters. The van der Waals surface area contributed by atoms with E-state index in [1.165, 1.54) is 6.21 Å². The molecule has 0 amide bonds. The molecule has 0 aromatic rings. The molecular weight excluding hydrogens is 390 g/mol. The Morgan fingerprint density at radius 2 is 2.13 bits per heavy atom. The number of hydrogen-bond donors (Lipinski definition) is 3. The highest BCUT2D eigenvalue weighted by Gasteiger charge is 2.12. The number of hydrogen-bond acceptors (Lipinski definition) is 5. The van der Waals surface area contributed by atoms with Crippen molar-refractivity contribution in [2.24, 2.45) is 5.92 Å². The summed E-state index contributed by atoms with van der Waals surface area (Å²) in [5, 5.41) is 18.3. The average molecular weight is 428 g/mol. The van der Waals surface area contributed by atoms with Crippen LogP contribution < -0.4 is 5.43 Å². The number of allylic oxidation sites excluding steroid dienone is 8. The molecule has 6 nitrogen and oxygen atoms in total. The van der Waals surface area contributed by atoms with Crippen molar-refractivity contribution >= 4 is 12.2 Å². The topological polar surface area (TPSA) is 85.7 Å². The number of carboxylic acid groups (broad SMARTS) is 1. The maximum absolute atomic E-state index is 10.8. The summed E-state index contributed by atoms with van der Waals surface area (Å²) in [5.41, 5.74) is 7.08. The lowest BCUT2D eigenvalue weighted by molar-refractivity contribution is -0.136. The van der Waals surface area contributed by atoms with Gasteiger partial charge in [-0.2, -0.15) is 0 Å². The number of carbonyl (C=O) groups is 1. The molecule has 0 aromatic carbocycles. The zero-order valence-electron chi connectivity index (χ0n) is 19.3. The van der Waals surface area contributed by atoms with Crippen molar-refractivity contribution in [3.05, 3.63) is 71.2 Å². The van der Waals surface area contributed by atoms with Gasteiger partial charge in [0.15, 0.2) is 0 Å². The van der Waals surface area contributed by atoms with Gasteiger partial charge in [-0.1, -0.05) is 38.7 Å². The number of nitrogens with one attached hydrogen (secondary N) is 2. The Labute approximate surface area is 186 Å². The smallest absolute Gasteiger partial charge is 0.307 e. The summed E-state index contributed by atoms with van der Waals surface area (Å²) in [7, 11) is 0. The highest BCUT2D eigenvalue weighted by Crippen LogP contribution is 2.25. The van der Waals surface area contributed by atoms with Crippen LogP contribution in [0.1, 0.15) is 47.0 Å². The van der Waals surface area contributed by atoms with Gasteiger partial charge >= 0.3 is 5.97 Å². The number of carboxylic acids is 1. The van der Waals surface area contributed by atoms with E-state index in [4.69, 9.17) is 15.3 Å². The Kier molecular flexibility index (Phi) is 12.0. The van der Waals surface area contributed by atoms with Crippen LogP contribution in [0, 0.1) is 11.3 Å². The van der Waals surface area contributed by atoms with Gasteiger partial charge in [-0.15, -0.1) is 0 Å². The highest BCUT2D eigenvalue weighted by molar-refractivity contribution is 5.74. The molecule has 1 aliphatic carbocycles. The monoisotopic (exact) mass is 427 g/mol. The zero-order valence-corrected chi connectivity index (χ0v) is 19.3. The second-order valence-corrected chi connectivity index (χ2v) is 7.70. The summed E-state index contributed by atoms with van der Waals surface area (Å²) in [6, 6.07) is 0. The van der Waals surface area contributed by atoms with E-state index in [0.717, 1.165) is 48.5 Å². The third-order valence-corrected chi connectivity index (χ3v) is 4.79. The summed E-state index contributed by atoms with van der Waals surface area (Å²) < 4.78 is 5.80. The third-order valence-electron chi connectivity index (χ3n) is 4.79. The lowest BCUT2D eigenvalue weighted by Crippen LogP contribution is -2.39. The summed E-state index contributed by atoms with van der Waals surface area (Å²) >= 11 is 0. The number of rotatable bonds is 14. The van der Waals surface area contributed by atoms with Crippen molar-refractivity contribution in [2.45, 2.75) is 47.0 Å². The first kappa shape index (κ1) is 26.2. The summed E-state index contributed by atoms with van der Waals surface area (Å²) in [6.07, 6.45) is 14.8. The lowest BCUT2D eigenvalue weighted by atomic mass is 9.95. The lowest BCUT2D eigenvalue weighted by Gasteiger charge is -2.27.